The summed E-state index contributed by atoms with van der Waals surface area (Å²) in [6.07, 6.45) is 11.1. The van der Waals surface area contributed by atoms with Gasteiger partial charge in [0.1, 0.15) is 19.3 Å². The molecule has 2 rings (SSSR count). The number of terminal acetylenes is 2. The Balaban J connectivity index is 1.99. The SMILES string of the molecule is C#CCOc1ccc(CCC(=O)NC(C#N)c2ccc(Cl)cc2)cc1OCC#C. The number of hydrogen-bond acceptors (Lipinski definition) is 4. The number of nitriles is 1. The Morgan fingerprint density at radius 2 is 1.72 bits per heavy atom. The van der Waals surface area contributed by atoms with Gasteiger partial charge in [0.15, 0.2) is 11.5 Å². The molecule has 0 saturated carbocycles. The third-order valence-corrected chi connectivity index (χ3v) is 4.16. The van der Waals surface area contributed by atoms with Crippen molar-refractivity contribution in [2.24, 2.45) is 0 Å². The predicted octanol–water partition coefficient (Wildman–Crippen LogP) is 3.68. The monoisotopic (exact) mass is 406 g/mol. The lowest BCUT2D eigenvalue weighted by Crippen LogP contribution is -2.27. The first-order chi connectivity index (χ1) is 14.1. The zero-order valence-electron chi connectivity index (χ0n) is 15.7. The summed E-state index contributed by atoms with van der Waals surface area (Å²) in [4.78, 5) is 12.3. The summed E-state index contributed by atoms with van der Waals surface area (Å²) in [5.74, 6) is 5.49. The lowest BCUT2D eigenvalue weighted by atomic mass is 10.1. The van der Waals surface area contributed by atoms with Gasteiger partial charge in [0.25, 0.3) is 0 Å². The lowest BCUT2D eigenvalue weighted by molar-refractivity contribution is -0.121. The van der Waals surface area contributed by atoms with Crippen LogP contribution in [-0.2, 0) is 11.2 Å². The molecular weight excluding hydrogens is 388 g/mol. The van der Waals surface area contributed by atoms with E-state index in [0.717, 1.165) is 5.56 Å². The van der Waals surface area contributed by atoms with Crippen molar-refractivity contribution in [2.45, 2.75) is 18.9 Å². The Kier molecular flexibility index (Phi) is 8.46. The van der Waals surface area contributed by atoms with Gasteiger partial charge in [0.2, 0.25) is 5.91 Å². The van der Waals surface area contributed by atoms with Crippen LogP contribution in [-0.4, -0.2) is 19.1 Å². The lowest BCUT2D eigenvalue weighted by Gasteiger charge is -2.13. The Morgan fingerprint density at radius 1 is 1.07 bits per heavy atom. The number of nitrogens with zero attached hydrogens (tertiary/aromatic N) is 1. The molecule has 1 unspecified atom stereocenters. The van der Waals surface area contributed by atoms with Crippen molar-refractivity contribution >= 4 is 17.5 Å². The molecular formula is C23H19ClN2O3. The minimum absolute atomic E-state index is 0.0846. The van der Waals surface area contributed by atoms with E-state index >= 15 is 0 Å². The molecule has 29 heavy (non-hydrogen) atoms. The van der Waals surface area contributed by atoms with E-state index in [-0.39, 0.29) is 25.5 Å². The van der Waals surface area contributed by atoms with Crippen molar-refractivity contribution in [3.63, 3.8) is 0 Å². The van der Waals surface area contributed by atoms with Crippen LogP contribution in [0.5, 0.6) is 11.5 Å². The minimum Gasteiger partial charge on any atom is -0.477 e. The van der Waals surface area contributed by atoms with Crippen molar-refractivity contribution < 1.29 is 14.3 Å². The van der Waals surface area contributed by atoms with Gasteiger partial charge in [-0.2, -0.15) is 5.26 Å². The van der Waals surface area contributed by atoms with Gasteiger partial charge in [-0.05, 0) is 41.8 Å². The van der Waals surface area contributed by atoms with Crippen molar-refractivity contribution in [2.75, 3.05) is 13.2 Å². The average Bonchev–Trinajstić information content (AvgIpc) is 2.74. The Hall–Kier alpha value is -3.59. The van der Waals surface area contributed by atoms with E-state index in [4.69, 9.17) is 33.9 Å². The molecule has 0 aliphatic rings. The zero-order chi connectivity index (χ0) is 21.1. The first-order valence-corrected chi connectivity index (χ1v) is 9.15. The normalized spacial score (nSPS) is 10.7. The molecule has 0 heterocycles. The molecule has 6 heteroatoms. The second-order valence-electron chi connectivity index (χ2n) is 5.95. The number of rotatable bonds is 9. The fourth-order valence-electron chi connectivity index (χ4n) is 2.52. The van der Waals surface area contributed by atoms with Crippen LogP contribution in [0.1, 0.15) is 23.6 Å². The van der Waals surface area contributed by atoms with Crippen LogP contribution >= 0.6 is 11.6 Å². The third-order valence-electron chi connectivity index (χ3n) is 3.91. The smallest absolute Gasteiger partial charge is 0.221 e. The van der Waals surface area contributed by atoms with Crippen molar-refractivity contribution in [3.05, 3.63) is 58.6 Å². The molecule has 2 aromatic rings. The number of nitrogens with one attached hydrogen (secondary N) is 1. The van der Waals surface area contributed by atoms with Gasteiger partial charge in [-0.25, -0.2) is 0 Å². The number of carbonyl (C=O) groups excluding carboxylic acids is 1. The minimum atomic E-state index is -0.742. The molecule has 0 aliphatic heterocycles. The molecule has 0 fully saturated rings. The second-order valence-corrected chi connectivity index (χ2v) is 6.38. The number of amides is 1. The van der Waals surface area contributed by atoms with Crippen molar-refractivity contribution in [3.8, 4) is 42.3 Å². The van der Waals surface area contributed by atoms with Crippen LogP contribution in [0.4, 0.5) is 0 Å². The highest BCUT2D eigenvalue weighted by molar-refractivity contribution is 6.30. The molecule has 0 aromatic heterocycles. The van der Waals surface area contributed by atoms with E-state index in [2.05, 4.69) is 23.2 Å². The topological polar surface area (TPSA) is 71.3 Å². The number of aryl methyl sites for hydroxylation is 1. The molecule has 0 spiro atoms. The number of benzene rings is 2. The van der Waals surface area contributed by atoms with Gasteiger partial charge in [-0.3, -0.25) is 4.79 Å². The van der Waals surface area contributed by atoms with E-state index in [1.54, 1.807) is 36.4 Å². The van der Waals surface area contributed by atoms with Crippen LogP contribution in [0.25, 0.3) is 0 Å². The van der Waals surface area contributed by atoms with E-state index < -0.39 is 6.04 Å². The van der Waals surface area contributed by atoms with Gasteiger partial charge in [-0.15, -0.1) is 12.8 Å². The van der Waals surface area contributed by atoms with Crippen LogP contribution in [0, 0.1) is 36.0 Å². The zero-order valence-corrected chi connectivity index (χ0v) is 16.4. The molecule has 5 nitrogen and oxygen atoms in total. The van der Waals surface area contributed by atoms with Gasteiger partial charge >= 0.3 is 0 Å². The highest BCUT2D eigenvalue weighted by Gasteiger charge is 2.14. The molecule has 1 N–H and O–H groups in total. The molecule has 1 amide bonds. The highest BCUT2D eigenvalue weighted by Crippen LogP contribution is 2.29. The predicted molar refractivity (Wildman–Crippen MR) is 111 cm³/mol. The third kappa shape index (κ3) is 6.82. The average molecular weight is 407 g/mol. The summed E-state index contributed by atoms with van der Waals surface area (Å²) in [7, 11) is 0. The Labute approximate surface area is 175 Å². The molecule has 2 aromatic carbocycles. The van der Waals surface area contributed by atoms with Gasteiger partial charge in [0, 0.05) is 11.4 Å². The van der Waals surface area contributed by atoms with Crippen molar-refractivity contribution in [1.29, 1.82) is 5.26 Å². The second kappa shape index (κ2) is 11.3. The molecule has 146 valence electrons. The maximum Gasteiger partial charge on any atom is 0.221 e. The van der Waals surface area contributed by atoms with Gasteiger partial charge in [-0.1, -0.05) is 41.6 Å². The molecule has 1 atom stereocenters. The Bertz CT molecular complexity index is 966. The molecule has 0 bridgehead atoms. The maximum atomic E-state index is 12.3. The van der Waals surface area contributed by atoms with Crippen LogP contribution in [0.15, 0.2) is 42.5 Å². The molecule has 0 radical (unpaired) electrons. The van der Waals surface area contributed by atoms with Gasteiger partial charge in [0.05, 0.1) is 6.07 Å². The van der Waals surface area contributed by atoms with Crippen LogP contribution in [0.2, 0.25) is 5.02 Å². The van der Waals surface area contributed by atoms with Crippen molar-refractivity contribution in [1.82, 2.24) is 5.32 Å². The van der Waals surface area contributed by atoms with E-state index in [0.29, 0.717) is 28.5 Å². The van der Waals surface area contributed by atoms with E-state index in [1.165, 1.54) is 0 Å². The first kappa shape index (κ1) is 21.7. The number of ether oxygens (including phenoxy) is 2. The number of hydrogen-bond donors (Lipinski definition) is 1. The fraction of sp³-hybridized carbons (Fsp3) is 0.217. The summed E-state index contributed by atoms with van der Waals surface area (Å²) in [5.41, 5.74) is 1.53. The Morgan fingerprint density at radius 3 is 2.34 bits per heavy atom. The quantitative estimate of drug-likeness (QED) is 0.645. The largest absolute Gasteiger partial charge is 0.477 e. The first-order valence-electron chi connectivity index (χ1n) is 8.77. The summed E-state index contributed by atoms with van der Waals surface area (Å²) in [6, 6.07) is 13.4. The number of carbonyl (C=O) groups is 1. The molecule has 0 saturated heterocycles. The standard InChI is InChI=1S/C23H19ClN2O3/c1-3-13-28-21-11-5-17(15-22(21)29-14-4-2)6-12-23(27)26-20(16-25)18-7-9-19(24)10-8-18/h1-2,5,7-11,15,20H,6,12-14H2,(H,26,27). The van der Waals surface area contributed by atoms with Crippen LogP contribution in [0.3, 0.4) is 0 Å². The van der Waals surface area contributed by atoms with Crippen LogP contribution < -0.4 is 14.8 Å². The van der Waals surface area contributed by atoms with Gasteiger partial charge < -0.3 is 14.8 Å². The summed E-state index contributed by atoms with van der Waals surface area (Å²) < 4.78 is 10.9. The summed E-state index contributed by atoms with van der Waals surface area (Å²) >= 11 is 5.86. The fourth-order valence-corrected chi connectivity index (χ4v) is 2.64. The highest BCUT2D eigenvalue weighted by atomic mass is 35.5. The summed E-state index contributed by atoms with van der Waals surface area (Å²) in [5, 5.41) is 12.6. The number of halogens is 1. The molecule has 0 aliphatic carbocycles. The summed E-state index contributed by atoms with van der Waals surface area (Å²) in [6.45, 7) is 0.190. The van der Waals surface area contributed by atoms with E-state index in [9.17, 15) is 10.1 Å². The maximum absolute atomic E-state index is 12.3. The van der Waals surface area contributed by atoms with E-state index in [1.807, 2.05) is 6.07 Å².